The zero-order valence-electron chi connectivity index (χ0n) is 21.4. The van der Waals surface area contributed by atoms with Crippen LogP contribution in [0.15, 0.2) is 84.3 Å². The summed E-state index contributed by atoms with van der Waals surface area (Å²) in [6.45, 7) is 8.85. The predicted molar refractivity (Wildman–Crippen MR) is 143 cm³/mol. The summed E-state index contributed by atoms with van der Waals surface area (Å²) < 4.78 is 17.1. The van der Waals surface area contributed by atoms with E-state index < -0.39 is 11.9 Å². The first-order valence-corrected chi connectivity index (χ1v) is 12.1. The predicted octanol–water partition coefficient (Wildman–Crippen LogP) is 6.22. The van der Waals surface area contributed by atoms with Crippen LogP contribution in [0.1, 0.15) is 55.9 Å². The van der Waals surface area contributed by atoms with Crippen LogP contribution >= 0.6 is 0 Å². The van der Waals surface area contributed by atoms with Crippen LogP contribution in [0.5, 0.6) is 17.2 Å². The first kappa shape index (κ1) is 25.6. The first-order valence-electron chi connectivity index (χ1n) is 12.1. The number of esters is 1. The van der Waals surface area contributed by atoms with Gasteiger partial charge in [0.25, 0.3) is 0 Å². The second-order valence-electron chi connectivity index (χ2n) is 9.72. The molecule has 0 fully saturated rings. The average molecular weight is 495 g/mol. The number of nitrogens with zero attached hydrogens (tertiary/aromatic N) is 1. The number of hydrogen-bond donors (Lipinski definition) is 1. The van der Waals surface area contributed by atoms with E-state index in [1.165, 1.54) is 11.6 Å². The number of nitriles is 1. The summed E-state index contributed by atoms with van der Waals surface area (Å²) in [5, 5.41) is 9.84. The molecule has 2 N–H and O–H groups in total. The van der Waals surface area contributed by atoms with Gasteiger partial charge in [0.15, 0.2) is 0 Å². The molecule has 0 radical (unpaired) electrons. The number of carbonyl (C=O) groups excluding carboxylic acids is 1. The first-order chi connectivity index (χ1) is 17.7. The molecule has 1 aliphatic heterocycles. The third kappa shape index (κ3) is 5.68. The Morgan fingerprint density at radius 1 is 1.08 bits per heavy atom. The quantitative estimate of drug-likeness (QED) is 0.248. The Morgan fingerprint density at radius 2 is 1.81 bits per heavy atom. The molecular weight excluding hydrogens is 464 g/mol. The maximum absolute atomic E-state index is 12.5. The monoisotopic (exact) mass is 494 g/mol. The fraction of sp³-hybridized carbons (Fsp3) is 0.226. The Balaban J connectivity index is 1.57. The van der Waals surface area contributed by atoms with Crippen LogP contribution < -0.4 is 19.9 Å². The zero-order valence-corrected chi connectivity index (χ0v) is 21.4. The molecule has 1 heterocycles. The lowest BCUT2D eigenvalue weighted by Crippen LogP contribution is -2.21. The van der Waals surface area contributed by atoms with Crippen LogP contribution in [-0.4, -0.2) is 12.6 Å². The Labute approximate surface area is 217 Å². The minimum absolute atomic E-state index is 0.00776. The summed E-state index contributed by atoms with van der Waals surface area (Å²) in [6, 6.07) is 22.8. The highest BCUT2D eigenvalue weighted by molar-refractivity contribution is 5.88. The molecule has 4 rings (SSSR count). The number of nitrogens with two attached hydrogens (primary N) is 1. The normalized spacial score (nSPS) is 15.1. The van der Waals surface area contributed by atoms with Gasteiger partial charge < -0.3 is 19.9 Å². The third-order valence-corrected chi connectivity index (χ3v) is 6.13. The summed E-state index contributed by atoms with van der Waals surface area (Å²) in [6.07, 6.45) is 3.10. The van der Waals surface area contributed by atoms with Crippen LogP contribution in [0, 0.1) is 11.3 Å². The minimum atomic E-state index is -0.518. The van der Waals surface area contributed by atoms with Crippen molar-refractivity contribution in [3.8, 4) is 23.3 Å². The molecule has 0 bridgehead atoms. The van der Waals surface area contributed by atoms with Gasteiger partial charge in [-0.1, -0.05) is 69.3 Å². The van der Waals surface area contributed by atoms with Crippen molar-refractivity contribution in [2.45, 2.75) is 39.0 Å². The van der Waals surface area contributed by atoms with E-state index in [4.69, 9.17) is 19.9 Å². The van der Waals surface area contributed by atoms with Crippen molar-refractivity contribution in [3.63, 3.8) is 0 Å². The van der Waals surface area contributed by atoms with Gasteiger partial charge in [0, 0.05) is 23.3 Å². The topological polar surface area (TPSA) is 94.6 Å². The number of ether oxygens (including phenoxy) is 3. The number of fused-ring (bicyclic) bond motifs is 1. The van der Waals surface area contributed by atoms with Crippen LogP contribution in [0.4, 0.5) is 0 Å². The SMILES string of the molecule is CCOc1ccccc1C1C(C#N)=C(N)Oc2cc(OC(=O)/C=C/c3ccc(C(C)(C)C)cc3)ccc21. The number of allylic oxidation sites excluding steroid dienone is 1. The molecule has 1 aliphatic rings. The van der Waals surface area contributed by atoms with E-state index in [1.54, 1.807) is 24.3 Å². The van der Waals surface area contributed by atoms with Gasteiger partial charge in [0.2, 0.25) is 5.88 Å². The highest BCUT2D eigenvalue weighted by Crippen LogP contribution is 2.45. The van der Waals surface area contributed by atoms with Crippen molar-refractivity contribution >= 4 is 12.0 Å². The van der Waals surface area contributed by atoms with Gasteiger partial charge in [-0.15, -0.1) is 0 Å². The summed E-state index contributed by atoms with van der Waals surface area (Å²) in [5.41, 5.74) is 10.1. The van der Waals surface area contributed by atoms with Gasteiger partial charge in [0.1, 0.15) is 28.9 Å². The van der Waals surface area contributed by atoms with Crippen molar-refractivity contribution in [3.05, 3.63) is 107 Å². The summed E-state index contributed by atoms with van der Waals surface area (Å²) in [5.74, 6) is 0.404. The molecule has 188 valence electrons. The second kappa shape index (κ2) is 10.6. The fourth-order valence-corrected chi connectivity index (χ4v) is 4.23. The van der Waals surface area contributed by atoms with Crippen molar-refractivity contribution in [1.29, 1.82) is 5.26 Å². The summed E-state index contributed by atoms with van der Waals surface area (Å²) in [4.78, 5) is 12.5. The van der Waals surface area contributed by atoms with E-state index in [1.807, 2.05) is 43.3 Å². The van der Waals surface area contributed by atoms with E-state index in [0.717, 1.165) is 16.7 Å². The standard InChI is InChI=1S/C31H30N2O4/c1-5-35-26-9-7-6-8-23(26)29-24-16-15-22(18-27(24)37-30(33)25(29)19-32)36-28(34)17-12-20-10-13-21(14-11-20)31(2,3)4/h6-18,29H,5,33H2,1-4H3/b17-12+. The molecule has 0 saturated heterocycles. The molecule has 1 atom stereocenters. The van der Waals surface area contributed by atoms with Crippen molar-refractivity contribution in [2.24, 2.45) is 5.73 Å². The molecule has 0 aliphatic carbocycles. The van der Waals surface area contributed by atoms with Crippen LogP contribution in [0.3, 0.4) is 0 Å². The molecule has 0 aromatic heterocycles. The Kier molecular flexibility index (Phi) is 7.35. The van der Waals surface area contributed by atoms with Crippen molar-refractivity contribution < 1.29 is 19.0 Å². The number of hydrogen-bond acceptors (Lipinski definition) is 6. The third-order valence-electron chi connectivity index (χ3n) is 6.13. The molecule has 37 heavy (non-hydrogen) atoms. The van der Waals surface area contributed by atoms with Gasteiger partial charge in [-0.2, -0.15) is 5.26 Å². The lowest BCUT2D eigenvalue weighted by atomic mass is 9.83. The van der Waals surface area contributed by atoms with Gasteiger partial charge in [-0.3, -0.25) is 0 Å². The van der Waals surface area contributed by atoms with Crippen LogP contribution in [0.25, 0.3) is 6.08 Å². The van der Waals surface area contributed by atoms with E-state index >= 15 is 0 Å². The molecular formula is C31H30N2O4. The lowest BCUT2D eigenvalue weighted by molar-refractivity contribution is -0.128. The van der Waals surface area contributed by atoms with Crippen molar-refractivity contribution in [2.75, 3.05) is 6.61 Å². The second-order valence-corrected chi connectivity index (χ2v) is 9.72. The molecule has 0 spiro atoms. The highest BCUT2D eigenvalue weighted by Gasteiger charge is 2.32. The average Bonchev–Trinajstić information content (AvgIpc) is 2.87. The Morgan fingerprint density at radius 3 is 2.49 bits per heavy atom. The molecule has 0 amide bonds. The summed E-state index contributed by atoms with van der Waals surface area (Å²) >= 11 is 0. The van der Waals surface area contributed by atoms with Gasteiger partial charge in [0.05, 0.1) is 12.5 Å². The van der Waals surface area contributed by atoms with Crippen LogP contribution in [-0.2, 0) is 10.2 Å². The largest absolute Gasteiger partial charge is 0.494 e. The van der Waals surface area contributed by atoms with E-state index in [-0.39, 0.29) is 11.3 Å². The number of para-hydroxylation sites is 1. The zero-order chi connectivity index (χ0) is 26.6. The fourth-order valence-electron chi connectivity index (χ4n) is 4.23. The number of benzene rings is 3. The number of rotatable bonds is 6. The van der Waals surface area contributed by atoms with Crippen molar-refractivity contribution in [1.82, 2.24) is 0 Å². The van der Waals surface area contributed by atoms with E-state index in [2.05, 4.69) is 39.0 Å². The Hall–Kier alpha value is -4.50. The van der Waals surface area contributed by atoms with Gasteiger partial charge in [-0.25, -0.2) is 4.79 Å². The molecule has 6 heteroatoms. The highest BCUT2D eigenvalue weighted by atomic mass is 16.5. The molecule has 3 aromatic rings. The van der Waals surface area contributed by atoms with E-state index in [9.17, 15) is 10.1 Å². The minimum Gasteiger partial charge on any atom is -0.494 e. The molecule has 0 saturated carbocycles. The molecule has 1 unspecified atom stereocenters. The smallest absolute Gasteiger partial charge is 0.336 e. The van der Waals surface area contributed by atoms with Crippen LogP contribution in [0.2, 0.25) is 0 Å². The number of carbonyl (C=O) groups is 1. The van der Waals surface area contributed by atoms with E-state index in [0.29, 0.717) is 29.4 Å². The molecule has 6 nitrogen and oxygen atoms in total. The van der Waals surface area contributed by atoms with Gasteiger partial charge >= 0.3 is 5.97 Å². The Bertz CT molecular complexity index is 1410. The maximum atomic E-state index is 12.5. The lowest BCUT2D eigenvalue weighted by Gasteiger charge is -2.27. The summed E-state index contributed by atoms with van der Waals surface area (Å²) in [7, 11) is 0. The van der Waals surface area contributed by atoms with Gasteiger partial charge in [-0.05, 0) is 41.7 Å². The maximum Gasteiger partial charge on any atom is 0.336 e. The molecule has 3 aromatic carbocycles.